The number of rotatable bonds is 4. The maximum absolute atomic E-state index is 12.4. The van der Waals surface area contributed by atoms with E-state index < -0.39 is 0 Å². The maximum atomic E-state index is 12.4. The average molecular weight is 328 g/mol. The average Bonchev–Trinajstić information content (AvgIpc) is 2.59. The van der Waals surface area contributed by atoms with Crippen LogP contribution in [0.4, 0.5) is 5.95 Å². The fourth-order valence-electron chi connectivity index (χ4n) is 2.73. The molecular formula is C17H20N4OS. The van der Waals surface area contributed by atoms with Crippen molar-refractivity contribution in [1.82, 2.24) is 14.9 Å². The van der Waals surface area contributed by atoms with Crippen LogP contribution in [0.3, 0.4) is 0 Å². The molecule has 120 valence electrons. The van der Waals surface area contributed by atoms with Crippen molar-refractivity contribution in [3.63, 3.8) is 0 Å². The number of anilines is 1. The van der Waals surface area contributed by atoms with Gasteiger partial charge in [0.25, 0.3) is 0 Å². The van der Waals surface area contributed by atoms with Gasteiger partial charge in [-0.2, -0.15) is 0 Å². The van der Waals surface area contributed by atoms with E-state index in [9.17, 15) is 4.79 Å². The molecule has 2 aromatic rings. The molecule has 0 bridgehead atoms. The van der Waals surface area contributed by atoms with E-state index in [0.29, 0.717) is 13.0 Å². The summed E-state index contributed by atoms with van der Waals surface area (Å²) in [5.74, 6) is 0.439. The zero-order chi connectivity index (χ0) is 16.2. The SMILES string of the molecule is CSc1ccc(CCC(=O)N2CCc3cnc(N)nc3C2)cc1. The van der Waals surface area contributed by atoms with Gasteiger partial charge in [-0.15, -0.1) is 11.8 Å². The molecule has 0 fully saturated rings. The number of hydrogen-bond acceptors (Lipinski definition) is 5. The Hall–Kier alpha value is -2.08. The molecule has 0 saturated heterocycles. The third-order valence-electron chi connectivity index (χ3n) is 4.10. The number of nitrogen functional groups attached to an aromatic ring is 1. The zero-order valence-electron chi connectivity index (χ0n) is 13.2. The zero-order valence-corrected chi connectivity index (χ0v) is 14.0. The van der Waals surface area contributed by atoms with Gasteiger partial charge < -0.3 is 10.6 Å². The van der Waals surface area contributed by atoms with Crippen LogP contribution < -0.4 is 5.73 Å². The molecule has 1 amide bonds. The molecule has 2 N–H and O–H groups in total. The highest BCUT2D eigenvalue weighted by molar-refractivity contribution is 7.98. The Morgan fingerprint density at radius 3 is 2.87 bits per heavy atom. The first-order valence-electron chi connectivity index (χ1n) is 7.66. The maximum Gasteiger partial charge on any atom is 0.223 e. The topological polar surface area (TPSA) is 72.1 Å². The summed E-state index contributed by atoms with van der Waals surface area (Å²) >= 11 is 1.72. The standard InChI is InChI=1S/C17H20N4OS/c1-23-14-5-2-12(3-6-14)4-7-16(22)21-9-8-13-10-19-17(18)20-15(13)11-21/h2-3,5-6,10H,4,7-9,11H2,1H3,(H2,18,19,20). The van der Waals surface area contributed by atoms with Crippen LogP contribution in [0.1, 0.15) is 23.2 Å². The number of nitrogens with zero attached hydrogens (tertiary/aromatic N) is 3. The molecule has 1 aromatic carbocycles. The van der Waals surface area contributed by atoms with E-state index in [1.54, 1.807) is 18.0 Å². The van der Waals surface area contributed by atoms with Crippen LogP contribution >= 0.6 is 11.8 Å². The summed E-state index contributed by atoms with van der Waals surface area (Å²) in [6, 6.07) is 8.39. The molecule has 1 aliphatic rings. The van der Waals surface area contributed by atoms with E-state index in [0.717, 1.165) is 30.6 Å². The fraction of sp³-hybridized carbons (Fsp3) is 0.353. The Balaban J connectivity index is 1.58. The molecule has 5 nitrogen and oxygen atoms in total. The van der Waals surface area contributed by atoms with Gasteiger partial charge in [0.1, 0.15) is 0 Å². The molecule has 0 aliphatic carbocycles. The first kappa shape index (κ1) is 15.8. The first-order valence-corrected chi connectivity index (χ1v) is 8.89. The minimum absolute atomic E-state index is 0.168. The van der Waals surface area contributed by atoms with Gasteiger partial charge in [0.05, 0.1) is 12.2 Å². The molecule has 6 heteroatoms. The summed E-state index contributed by atoms with van der Waals surface area (Å²) in [5, 5.41) is 0. The van der Waals surface area contributed by atoms with Gasteiger partial charge in [-0.3, -0.25) is 4.79 Å². The van der Waals surface area contributed by atoms with Crippen molar-refractivity contribution in [3.05, 3.63) is 47.3 Å². The number of hydrogen-bond donors (Lipinski definition) is 1. The van der Waals surface area contributed by atoms with Gasteiger partial charge in [-0.25, -0.2) is 9.97 Å². The Labute approximate surface area is 140 Å². The summed E-state index contributed by atoms with van der Waals surface area (Å²) in [7, 11) is 0. The number of benzene rings is 1. The van der Waals surface area contributed by atoms with Gasteiger partial charge in [-0.05, 0) is 42.4 Å². The van der Waals surface area contributed by atoms with Gasteiger partial charge in [0, 0.05) is 24.1 Å². The van der Waals surface area contributed by atoms with E-state index in [1.807, 2.05) is 4.90 Å². The van der Waals surface area contributed by atoms with Crippen molar-refractivity contribution in [1.29, 1.82) is 0 Å². The van der Waals surface area contributed by atoms with Gasteiger partial charge in [-0.1, -0.05) is 12.1 Å². The summed E-state index contributed by atoms with van der Waals surface area (Å²) in [6.07, 6.45) is 5.91. The van der Waals surface area contributed by atoms with E-state index >= 15 is 0 Å². The van der Waals surface area contributed by atoms with Gasteiger partial charge in [0.2, 0.25) is 11.9 Å². The monoisotopic (exact) mass is 328 g/mol. The highest BCUT2D eigenvalue weighted by Crippen LogP contribution is 2.19. The van der Waals surface area contributed by atoms with Crippen LogP contribution in [0.2, 0.25) is 0 Å². The largest absolute Gasteiger partial charge is 0.368 e. The van der Waals surface area contributed by atoms with Crippen LogP contribution in [0, 0.1) is 0 Å². The van der Waals surface area contributed by atoms with Crippen LogP contribution in [-0.2, 0) is 24.2 Å². The molecule has 0 spiro atoms. The number of carbonyl (C=O) groups excluding carboxylic acids is 1. The second-order valence-corrected chi connectivity index (χ2v) is 6.49. The molecule has 1 aliphatic heterocycles. The van der Waals surface area contributed by atoms with Crippen molar-refractivity contribution >= 4 is 23.6 Å². The minimum atomic E-state index is 0.168. The Bertz CT molecular complexity index is 702. The van der Waals surface area contributed by atoms with Crippen molar-refractivity contribution in [3.8, 4) is 0 Å². The summed E-state index contributed by atoms with van der Waals surface area (Å²) in [4.78, 5) is 23.8. The smallest absolute Gasteiger partial charge is 0.223 e. The predicted molar refractivity (Wildman–Crippen MR) is 92.1 cm³/mol. The van der Waals surface area contributed by atoms with Crippen molar-refractivity contribution in [2.45, 2.75) is 30.7 Å². The highest BCUT2D eigenvalue weighted by Gasteiger charge is 2.21. The molecule has 0 unspecified atom stereocenters. The Morgan fingerprint density at radius 2 is 2.13 bits per heavy atom. The van der Waals surface area contributed by atoms with Crippen LogP contribution in [0.5, 0.6) is 0 Å². The van der Waals surface area contributed by atoms with Crippen molar-refractivity contribution < 1.29 is 4.79 Å². The summed E-state index contributed by atoms with van der Waals surface area (Å²) in [5.41, 5.74) is 8.80. The number of thioether (sulfide) groups is 1. The van der Waals surface area contributed by atoms with E-state index in [4.69, 9.17) is 5.73 Å². The fourth-order valence-corrected chi connectivity index (χ4v) is 3.14. The predicted octanol–water partition coefficient (Wildman–Crippen LogP) is 2.30. The lowest BCUT2D eigenvalue weighted by Crippen LogP contribution is -2.36. The van der Waals surface area contributed by atoms with E-state index in [2.05, 4.69) is 40.5 Å². The molecule has 2 heterocycles. The lowest BCUT2D eigenvalue weighted by molar-refractivity contribution is -0.132. The number of aromatic nitrogens is 2. The highest BCUT2D eigenvalue weighted by atomic mass is 32.2. The second kappa shape index (κ2) is 7.00. The van der Waals surface area contributed by atoms with Gasteiger partial charge in [0.15, 0.2) is 0 Å². The van der Waals surface area contributed by atoms with Crippen LogP contribution in [0.15, 0.2) is 35.4 Å². The van der Waals surface area contributed by atoms with Crippen LogP contribution in [0.25, 0.3) is 0 Å². The van der Waals surface area contributed by atoms with Gasteiger partial charge >= 0.3 is 0 Å². The lowest BCUT2D eigenvalue weighted by Gasteiger charge is -2.28. The molecule has 1 aromatic heterocycles. The summed E-state index contributed by atoms with van der Waals surface area (Å²) in [6.45, 7) is 1.26. The second-order valence-electron chi connectivity index (χ2n) is 5.61. The molecule has 0 radical (unpaired) electrons. The normalized spacial score (nSPS) is 13.7. The third kappa shape index (κ3) is 3.82. The molecule has 0 saturated carbocycles. The number of nitrogens with two attached hydrogens (primary N) is 1. The summed E-state index contributed by atoms with van der Waals surface area (Å²) < 4.78 is 0. The Morgan fingerprint density at radius 1 is 1.35 bits per heavy atom. The number of fused-ring (bicyclic) bond motifs is 1. The molecule has 23 heavy (non-hydrogen) atoms. The number of carbonyl (C=O) groups is 1. The lowest BCUT2D eigenvalue weighted by atomic mass is 10.1. The minimum Gasteiger partial charge on any atom is -0.368 e. The van der Waals surface area contributed by atoms with Crippen molar-refractivity contribution in [2.24, 2.45) is 0 Å². The van der Waals surface area contributed by atoms with E-state index in [-0.39, 0.29) is 11.9 Å². The molecular weight excluding hydrogens is 308 g/mol. The van der Waals surface area contributed by atoms with Crippen LogP contribution in [-0.4, -0.2) is 33.6 Å². The number of aryl methyl sites for hydroxylation is 1. The third-order valence-corrected chi connectivity index (χ3v) is 4.85. The van der Waals surface area contributed by atoms with Crippen molar-refractivity contribution in [2.75, 3.05) is 18.5 Å². The van der Waals surface area contributed by atoms with E-state index in [1.165, 1.54) is 10.5 Å². The Kier molecular flexibility index (Phi) is 4.81. The quantitative estimate of drug-likeness (QED) is 0.872. The first-order chi connectivity index (χ1) is 11.2. The number of amides is 1. The molecule has 0 atom stereocenters. The molecule has 3 rings (SSSR count).